The smallest absolute Gasteiger partial charge is 0.306 e. The number of aliphatic carboxylic acids is 1. The van der Waals surface area contributed by atoms with E-state index < -0.39 is 11.8 Å². The van der Waals surface area contributed by atoms with Gasteiger partial charge in [0.2, 0.25) is 0 Å². The zero-order valence-electron chi connectivity index (χ0n) is 9.23. The molecule has 1 aliphatic heterocycles. The highest BCUT2D eigenvalue weighted by molar-refractivity contribution is 5.70. The lowest BCUT2D eigenvalue weighted by Gasteiger charge is -2.44. The van der Waals surface area contributed by atoms with Crippen molar-refractivity contribution < 1.29 is 19.4 Å². The Bertz CT molecular complexity index is 261. The number of carbonyl (C=O) groups is 1. The molecule has 0 radical (unpaired) electrons. The van der Waals surface area contributed by atoms with Gasteiger partial charge in [0.15, 0.2) is 5.79 Å². The van der Waals surface area contributed by atoms with Gasteiger partial charge in [-0.2, -0.15) is 0 Å². The molecular formula is C11H18O4. The third-order valence-corrected chi connectivity index (χ3v) is 3.36. The van der Waals surface area contributed by atoms with E-state index in [0.29, 0.717) is 18.9 Å². The van der Waals surface area contributed by atoms with Crippen molar-refractivity contribution in [2.75, 3.05) is 6.61 Å². The average molecular weight is 214 g/mol. The lowest BCUT2D eigenvalue weighted by molar-refractivity contribution is -0.301. The van der Waals surface area contributed by atoms with Crippen LogP contribution in [0.5, 0.6) is 0 Å². The van der Waals surface area contributed by atoms with Crippen LogP contribution in [0.4, 0.5) is 0 Å². The maximum Gasteiger partial charge on any atom is 0.306 e. The fourth-order valence-electron chi connectivity index (χ4n) is 2.46. The van der Waals surface area contributed by atoms with Crippen molar-refractivity contribution in [1.29, 1.82) is 0 Å². The zero-order valence-corrected chi connectivity index (χ0v) is 9.23. The molecule has 0 spiro atoms. The van der Waals surface area contributed by atoms with Crippen molar-refractivity contribution >= 4 is 5.97 Å². The molecule has 2 fully saturated rings. The molecule has 0 amide bonds. The van der Waals surface area contributed by atoms with Crippen LogP contribution in [0.3, 0.4) is 0 Å². The molecule has 2 aliphatic rings. The molecule has 0 bridgehead atoms. The first kappa shape index (κ1) is 10.9. The second-order valence-electron chi connectivity index (χ2n) is 4.98. The third kappa shape index (κ3) is 2.32. The number of carboxylic acids is 1. The maximum absolute atomic E-state index is 10.9. The molecule has 1 aliphatic carbocycles. The van der Waals surface area contributed by atoms with E-state index in [4.69, 9.17) is 14.6 Å². The van der Waals surface area contributed by atoms with Gasteiger partial charge in [-0.3, -0.25) is 4.79 Å². The minimum absolute atomic E-state index is 0.0589. The third-order valence-electron chi connectivity index (χ3n) is 3.36. The number of fused-ring (bicyclic) bond motifs is 1. The van der Waals surface area contributed by atoms with Crippen molar-refractivity contribution in [2.45, 2.75) is 45.0 Å². The molecule has 4 heteroatoms. The highest BCUT2D eigenvalue weighted by Crippen LogP contribution is 2.37. The molecule has 4 nitrogen and oxygen atoms in total. The second kappa shape index (κ2) is 3.76. The van der Waals surface area contributed by atoms with Crippen molar-refractivity contribution in [3.63, 3.8) is 0 Å². The SMILES string of the molecule is CC1(C)OCC2CCC(C(=O)O)CC2O1. The lowest BCUT2D eigenvalue weighted by Crippen LogP contribution is -2.48. The summed E-state index contributed by atoms with van der Waals surface area (Å²) in [6.45, 7) is 4.46. The summed E-state index contributed by atoms with van der Waals surface area (Å²) in [7, 11) is 0. The van der Waals surface area contributed by atoms with Gasteiger partial charge in [-0.25, -0.2) is 0 Å². The van der Waals surface area contributed by atoms with Crippen LogP contribution in [-0.2, 0) is 14.3 Å². The number of hydrogen-bond donors (Lipinski definition) is 1. The maximum atomic E-state index is 10.9. The highest BCUT2D eigenvalue weighted by atomic mass is 16.7. The van der Waals surface area contributed by atoms with E-state index in [0.717, 1.165) is 12.8 Å². The fourth-order valence-corrected chi connectivity index (χ4v) is 2.46. The summed E-state index contributed by atoms with van der Waals surface area (Å²) in [6, 6.07) is 0. The molecule has 2 rings (SSSR count). The van der Waals surface area contributed by atoms with E-state index in [2.05, 4.69) is 0 Å². The lowest BCUT2D eigenvalue weighted by atomic mass is 9.79. The standard InChI is InChI=1S/C11H18O4/c1-11(2)14-6-8-4-3-7(10(12)13)5-9(8)15-11/h7-9H,3-6H2,1-2H3,(H,12,13). The largest absolute Gasteiger partial charge is 0.481 e. The monoisotopic (exact) mass is 214 g/mol. The van der Waals surface area contributed by atoms with Gasteiger partial charge in [-0.1, -0.05) is 0 Å². The van der Waals surface area contributed by atoms with Crippen molar-refractivity contribution in [1.82, 2.24) is 0 Å². The van der Waals surface area contributed by atoms with Crippen molar-refractivity contribution in [2.24, 2.45) is 11.8 Å². The van der Waals surface area contributed by atoms with Gasteiger partial charge >= 0.3 is 5.97 Å². The highest BCUT2D eigenvalue weighted by Gasteiger charge is 2.41. The Labute approximate surface area is 89.6 Å². The van der Waals surface area contributed by atoms with Crippen LogP contribution in [0.25, 0.3) is 0 Å². The summed E-state index contributed by atoms with van der Waals surface area (Å²) in [5.41, 5.74) is 0. The summed E-state index contributed by atoms with van der Waals surface area (Å²) in [6.07, 6.45) is 2.34. The molecule has 3 unspecified atom stereocenters. The minimum atomic E-state index is -0.693. The molecular weight excluding hydrogens is 196 g/mol. The first-order valence-corrected chi connectivity index (χ1v) is 5.52. The van der Waals surface area contributed by atoms with E-state index in [1.54, 1.807) is 0 Å². The number of carboxylic acid groups (broad SMARTS) is 1. The average Bonchev–Trinajstić information content (AvgIpc) is 2.15. The predicted octanol–water partition coefficient (Wildman–Crippen LogP) is 1.64. The minimum Gasteiger partial charge on any atom is -0.481 e. The molecule has 86 valence electrons. The van der Waals surface area contributed by atoms with E-state index in [-0.39, 0.29) is 12.0 Å². The Morgan fingerprint density at radius 2 is 2.13 bits per heavy atom. The Balaban J connectivity index is 2.01. The summed E-state index contributed by atoms with van der Waals surface area (Å²) >= 11 is 0. The Hall–Kier alpha value is -0.610. The van der Waals surface area contributed by atoms with Gasteiger partial charge in [-0.05, 0) is 33.1 Å². The molecule has 3 atom stereocenters. The first-order chi connectivity index (χ1) is 6.98. The quantitative estimate of drug-likeness (QED) is 0.721. The van der Waals surface area contributed by atoms with Crippen LogP contribution in [0, 0.1) is 11.8 Å². The van der Waals surface area contributed by atoms with Crippen LogP contribution >= 0.6 is 0 Å². The molecule has 1 heterocycles. The number of rotatable bonds is 1. The summed E-state index contributed by atoms with van der Waals surface area (Å²) < 4.78 is 11.3. The van der Waals surface area contributed by atoms with Gasteiger partial charge in [-0.15, -0.1) is 0 Å². The second-order valence-corrected chi connectivity index (χ2v) is 4.98. The van der Waals surface area contributed by atoms with Crippen LogP contribution in [-0.4, -0.2) is 29.6 Å². The van der Waals surface area contributed by atoms with E-state index in [9.17, 15) is 4.79 Å². The topological polar surface area (TPSA) is 55.8 Å². The van der Waals surface area contributed by atoms with Crippen molar-refractivity contribution in [3.8, 4) is 0 Å². The van der Waals surface area contributed by atoms with Gasteiger partial charge in [0.1, 0.15) is 0 Å². The predicted molar refractivity (Wildman–Crippen MR) is 53.4 cm³/mol. The van der Waals surface area contributed by atoms with Crippen molar-refractivity contribution in [3.05, 3.63) is 0 Å². The Morgan fingerprint density at radius 1 is 1.40 bits per heavy atom. The number of hydrogen-bond acceptors (Lipinski definition) is 3. The molecule has 0 aromatic heterocycles. The molecule has 15 heavy (non-hydrogen) atoms. The van der Waals surface area contributed by atoms with Gasteiger partial charge in [0.05, 0.1) is 18.6 Å². The van der Waals surface area contributed by atoms with E-state index in [1.165, 1.54) is 0 Å². The molecule has 1 saturated heterocycles. The fraction of sp³-hybridized carbons (Fsp3) is 0.909. The van der Waals surface area contributed by atoms with Gasteiger partial charge < -0.3 is 14.6 Å². The normalized spacial score (nSPS) is 39.5. The van der Waals surface area contributed by atoms with E-state index >= 15 is 0 Å². The van der Waals surface area contributed by atoms with Gasteiger partial charge in [0, 0.05) is 5.92 Å². The summed E-state index contributed by atoms with van der Waals surface area (Å²) in [5.74, 6) is -1.10. The van der Waals surface area contributed by atoms with Crippen LogP contribution in [0.2, 0.25) is 0 Å². The summed E-state index contributed by atoms with van der Waals surface area (Å²) in [5, 5.41) is 8.97. The van der Waals surface area contributed by atoms with Crippen LogP contribution < -0.4 is 0 Å². The first-order valence-electron chi connectivity index (χ1n) is 5.52. The number of ether oxygens (including phenoxy) is 2. The van der Waals surface area contributed by atoms with Crippen LogP contribution in [0.1, 0.15) is 33.1 Å². The Kier molecular flexibility index (Phi) is 2.73. The van der Waals surface area contributed by atoms with Crippen LogP contribution in [0.15, 0.2) is 0 Å². The summed E-state index contributed by atoms with van der Waals surface area (Å²) in [4.78, 5) is 10.9. The molecule has 0 aromatic carbocycles. The van der Waals surface area contributed by atoms with E-state index in [1.807, 2.05) is 13.8 Å². The molecule has 1 N–H and O–H groups in total. The molecule has 1 saturated carbocycles. The Morgan fingerprint density at radius 3 is 2.80 bits per heavy atom. The molecule has 0 aromatic rings. The van der Waals surface area contributed by atoms with Gasteiger partial charge in [0.25, 0.3) is 0 Å². The zero-order chi connectivity index (χ0) is 11.1.